The highest BCUT2D eigenvalue weighted by Gasteiger charge is 2.20. The lowest BCUT2D eigenvalue weighted by molar-refractivity contribution is -0.384. The molecule has 0 fully saturated rings. The van der Waals surface area contributed by atoms with Gasteiger partial charge in [-0.25, -0.2) is 4.79 Å². The fraction of sp³-hybridized carbons (Fsp3) is 0.333. The number of aliphatic hydroxyl groups excluding tert-OH is 1. The average molecular weight is 375 g/mol. The topological polar surface area (TPSA) is 124 Å². The number of carbonyl (C=O) groups excluding carboxylic acids is 2. The Morgan fingerprint density at radius 1 is 1.26 bits per heavy atom. The second-order valence-corrected chi connectivity index (χ2v) is 5.98. The Bertz CT molecular complexity index is 887. The van der Waals surface area contributed by atoms with E-state index in [-0.39, 0.29) is 35.9 Å². The Labute approximate surface area is 155 Å². The highest BCUT2D eigenvalue weighted by molar-refractivity contribution is 6.02. The highest BCUT2D eigenvalue weighted by Crippen LogP contribution is 2.23. The molecule has 2 N–H and O–H groups in total. The van der Waals surface area contributed by atoms with Crippen LogP contribution < -0.4 is 5.32 Å². The Balaban J connectivity index is 2.18. The van der Waals surface area contributed by atoms with Gasteiger partial charge >= 0.3 is 5.97 Å². The van der Waals surface area contributed by atoms with Crippen molar-refractivity contribution in [2.45, 2.75) is 13.8 Å². The molecule has 0 aliphatic carbocycles. The molecular weight excluding hydrogens is 354 g/mol. The fourth-order valence-corrected chi connectivity index (χ4v) is 2.58. The number of ketones is 1. The summed E-state index contributed by atoms with van der Waals surface area (Å²) in [6, 6.07) is 5.38. The van der Waals surface area contributed by atoms with E-state index < -0.39 is 17.5 Å². The van der Waals surface area contributed by atoms with E-state index >= 15 is 0 Å². The first-order chi connectivity index (χ1) is 12.8. The highest BCUT2D eigenvalue weighted by atomic mass is 16.6. The number of nitro groups is 1. The van der Waals surface area contributed by atoms with Crippen LogP contribution in [-0.4, -0.2) is 46.1 Å². The number of aryl methyl sites for hydroxylation is 1. The van der Waals surface area contributed by atoms with Crippen LogP contribution in [0.2, 0.25) is 0 Å². The van der Waals surface area contributed by atoms with Crippen molar-refractivity contribution in [1.82, 2.24) is 4.57 Å². The molecule has 0 saturated carbocycles. The number of non-ortho nitro benzene ring substituents is 1. The molecule has 0 radical (unpaired) electrons. The molecular formula is C18H21N3O6. The normalized spacial score (nSPS) is 10.5. The molecule has 0 aliphatic heterocycles. The lowest BCUT2D eigenvalue weighted by atomic mass is 10.1. The van der Waals surface area contributed by atoms with Crippen molar-refractivity contribution in [2.75, 3.05) is 25.1 Å². The number of ether oxygens (including phenoxy) is 1. The van der Waals surface area contributed by atoms with Crippen molar-refractivity contribution in [3.8, 4) is 0 Å². The number of rotatable bonds is 8. The number of hydrogen-bond acceptors (Lipinski definition) is 7. The number of aromatic nitrogens is 1. The summed E-state index contributed by atoms with van der Waals surface area (Å²) in [7, 11) is 1.83. The summed E-state index contributed by atoms with van der Waals surface area (Å²) >= 11 is 0. The van der Waals surface area contributed by atoms with Gasteiger partial charge in [0.25, 0.3) is 5.69 Å². The van der Waals surface area contributed by atoms with E-state index in [2.05, 4.69) is 5.32 Å². The van der Waals surface area contributed by atoms with Crippen LogP contribution in [0.4, 0.5) is 11.4 Å². The minimum atomic E-state index is -0.863. The molecule has 144 valence electrons. The molecule has 9 heteroatoms. The number of anilines is 1. The van der Waals surface area contributed by atoms with E-state index in [1.54, 1.807) is 13.0 Å². The van der Waals surface area contributed by atoms with Crippen LogP contribution >= 0.6 is 0 Å². The first-order valence-electron chi connectivity index (χ1n) is 8.22. The molecule has 0 saturated heterocycles. The predicted molar refractivity (Wildman–Crippen MR) is 98.2 cm³/mol. The largest absolute Gasteiger partial charge is 0.454 e. The second kappa shape index (κ2) is 8.45. The molecule has 9 nitrogen and oxygen atoms in total. The van der Waals surface area contributed by atoms with E-state index in [0.717, 1.165) is 17.5 Å². The quantitative estimate of drug-likeness (QED) is 0.313. The summed E-state index contributed by atoms with van der Waals surface area (Å²) in [6.07, 6.45) is 0. The number of aliphatic hydroxyl groups is 1. The van der Waals surface area contributed by atoms with Gasteiger partial charge in [0.2, 0.25) is 5.78 Å². The van der Waals surface area contributed by atoms with Crippen LogP contribution in [0.25, 0.3) is 0 Å². The van der Waals surface area contributed by atoms with Gasteiger partial charge in [0.15, 0.2) is 6.61 Å². The molecule has 1 heterocycles. The van der Waals surface area contributed by atoms with Gasteiger partial charge in [-0.15, -0.1) is 0 Å². The smallest absolute Gasteiger partial charge is 0.340 e. The molecule has 0 spiro atoms. The van der Waals surface area contributed by atoms with Gasteiger partial charge in [-0.05, 0) is 26.0 Å². The van der Waals surface area contributed by atoms with Gasteiger partial charge in [0.05, 0.1) is 17.1 Å². The zero-order valence-electron chi connectivity index (χ0n) is 15.3. The van der Waals surface area contributed by atoms with Gasteiger partial charge in [0, 0.05) is 48.4 Å². The summed E-state index contributed by atoms with van der Waals surface area (Å²) in [4.78, 5) is 35.1. The van der Waals surface area contributed by atoms with E-state index in [9.17, 15) is 19.7 Å². The predicted octanol–water partition coefficient (Wildman–Crippen LogP) is 1.99. The van der Waals surface area contributed by atoms with E-state index in [1.807, 2.05) is 18.5 Å². The molecule has 0 aliphatic rings. The summed E-state index contributed by atoms with van der Waals surface area (Å²) in [6.45, 7) is 3.14. The molecule has 27 heavy (non-hydrogen) atoms. The first kappa shape index (κ1) is 20.1. The van der Waals surface area contributed by atoms with Crippen LogP contribution in [0.5, 0.6) is 0 Å². The Kier molecular flexibility index (Phi) is 6.30. The summed E-state index contributed by atoms with van der Waals surface area (Å²) < 4.78 is 6.93. The SMILES string of the molecule is Cc1cc(C(=O)COC(=O)c2cc([N+](=O)[O-])ccc2NCCO)c(C)n1C. The van der Waals surface area contributed by atoms with Crippen molar-refractivity contribution in [1.29, 1.82) is 0 Å². The lowest BCUT2D eigenvalue weighted by Gasteiger charge is -2.11. The van der Waals surface area contributed by atoms with Crippen molar-refractivity contribution in [3.05, 3.63) is 56.9 Å². The summed E-state index contributed by atoms with van der Waals surface area (Å²) in [5, 5.41) is 22.7. The van der Waals surface area contributed by atoms with Crippen molar-refractivity contribution < 1.29 is 24.4 Å². The molecule has 1 aromatic carbocycles. The first-order valence-corrected chi connectivity index (χ1v) is 8.22. The molecule has 0 amide bonds. The van der Waals surface area contributed by atoms with E-state index in [4.69, 9.17) is 9.84 Å². The Hall–Kier alpha value is -3.20. The third kappa shape index (κ3) is 4.50. The summed E-state index contributed by atoms with van der Waals surface area (Å²) in [5.74, 6) is -1.22. The maximum absolute atomic E-state index is 12.4. The van der Waals surface area contributed by atoms with Crippen molar-refractivity contribution in [3.63, 3.8) is 0 Å². The fourth-order valence-electron chi connectivity index (χ4n) is 2.58. The van der Waals surface area contributed by atoms with Gasteiger partial charge in [0.1, 0.15) is 0 Å². The standard InChI is InChI=1S/C18H21N3O6/c1-11-8-14(12(2)20(11)3)17(23)10-27-18(24)15-9-13(21(25)26)4-5-16(15)19-6-7-22/h4-5,8-9,19,22H,6-7,10H2,1-3H3. The maximum atomic E-state index is 12.4. The van der Waals surface area contributed by atoms with Crippen LogP contribution in [0.15, 0.2) is 24.3 Å². The summed E-state index contributed by atoms with van der Waals surface area (Å²) in [5.41, 5.74) is 2.04. The van der Waals surface area contributed by atoms with Crippen molar-refractivity contribution in [2.24, 2.45) is 7.05 Å². The van der Waals surface area contributed by atoms with Crippen LogP contribution in [0.3, 0.4) is 0 Å². The minimum Gasteiger partial charge on any atom is -0.454 e. The maximum Gasteiger partial charge on any atom is 0.340 e. The second-order valence-electron chi connectivity index (χ2n) is 5.98. The number of Topliss-reactive ketones (excluding diaryl/α,β-unsaturated/α-hetero) is 1. The van der Waals surface area contributed by atoms with Gasteiger partial charge < -0.3 is 19.7 Å². The Morgan fingerprint density at radius 2 is 1.96 bits per heavy atom. The van der Waals surface area contributed by atoms with Crippen LogP contribution in [-0.2, 0) is 11.8 Å². The van der Waals surface area contributed by atoms with Crippen molar-refractivity contribution >= 4 is 23.1 Å². The number of nitrogens with zero attached hydrogens (tertiary/aromatic N) is 2. The van der Waals surface area contributed by atoms with Crippen LogP contribution in [0.1, 0.15) is 32.1 Å². The average Bonchev–Trinajstić information content (AvgIpc) is 2.91. The molecule has 2 aromatic rings. The molecule has 2 rings (SSSR count). The number of hydrogen-bond donors (Lipinski definition) is 2. The Morgan fingerprint density at radius 3 is 2.52 bits per heavy atom. The van der Waals surface area contributed by atoms with Crippen LogP contribution in [0, 0.1) is 24.0 Å². The third-order valence-electron chi connectivity index (χ3n) is 4.27. The minimum absolute atomic E-state index is 0.0774. The molecule has 1 aromatic heterocycles. The third-order valence-corrected chi connectivity index (χ3v) is 4.27. The number of esters is 1. The number of nitrogens with one attached hydrogen (secondary N) is 1. The molecule has 0 bridgehead atoms. The van der Waals surface area contributed by atoms with Gasteiger partial charge in [-0.3, -0.25) is 14.9 Å². The monoisotopic (exact) mass is 375 g/mol. The zero-order chi connectivity index (χ0) is 20.1. The van der Waals surface area contributed by atoms with E-state index in [1.165, 1.54) is 12.1 Å². The number of carbonyl (C=O) groups is 2. The van der Waals surface area contributed by atoms with Gasteiger partial charge in [-0.2, -0.15) is 0 Å². The van der Waals surface area contributed by atoms with E-state index in [0.29, 0.717) is 5.56 Å². The zero-order valence-corrected chi connectivity index (χ0v) is 15.3. The molecule has 0 unspecified atom stereocenters. The lowest BCUT2D eigenvalue weighted by Crippen LogP contribution is -2.17. The molecule has 0 atom stereocenters. The number of nitro benzene ring substituents is 1. The van der Waals surface area contributed by atoms with Gasteiger partial charge in [-0.1, -0.05) is 0 Å². The number of benzene rings is 1.